The number of unbranched alkanes of at least 4 members (excludes halogenated alkanes) is 9. The molecule has 142 valence electrons. The highest BCUT2D eigenvalue weighted by Gasteiger charge is 2.15. The molecule has 1 amide bonds. The van der Waals surface area contributed by atoms with E-state index < -0.39 is 0 Å². The van der Waals surface area contributed by atoms with Gasteiger partial charge in [-0.15, -0.1) is 0 Å². The van der Waals surface area contributed by atoms with Crippen molar-refractivity contribution in [2.75, 3.05) is 27.7 Å². The molecule has 0 saturated carbocycles. The normalized spacial score (nSPS) is 12.8. The fourth-order valence-electron chi connectivity index (χ4n) is 2.97. The molecule has 3 nitrogen and oxygen atoms in total. The summed E-state index contributed by atoms with van der Waals surface area (Å²) in [4.78, 5) is 11.6. The van der Waals surface area contributed by atoms with Crippen LogP contribution >= 0.6 is 0 Å². The Morgan fingerprint density at radius 1 is 0.917 bits per heavy atom. The first-order valence-electron chi connectivity index (χ1n) is 10.1. The summed E-state index contributed by atoms with van der Waals surface area (Å²) in [6.45, 7) is 6.92. The lowest BCUT2D eigenvalue weighted by atomic mass is 10.0. The molecule has 0 bridgehead atoms. The molecule has 1 atom stereocenters. The van der Waals surface area contributed by atoms with E-state index in [1.807, 2.05) is 0 Å². The smallest absolute Gasteiger partial charge is 0.243 e. The Balaban J connectivity index is 3.77. The van der Waals surface area contributed by atoms with Crippen molar-refractivity contribution in [1.82, 2.24) is 5.32 Å². The van der Waals surface area contributed by atoms with Gasteiger partial charge in [0.1, 0.15) is 0 Å². The summed E-state index contributed by atoms with van der Waals surface area (Å²) in [6.07, 6.45) is 17.1. The summed E-state index contributed by atoms with van der Waals surface area (Å²) in [5, 5.41) is 3.10. The molecule has 0 aromatic carbocycles. The summed E-state index contributed by atoms with van der Waals surface area (Å²) in [6, 6.07) is 0.293. The zero-order chi connectivity index (χ0) is 18.3. The highest BCUT2D eigenvalue weighted by molar-refractivity contribution is 5.87. The van der Waals surface area contributed by atoms with Crippen LogP contribution in [-0.4, -0.2) is 44.1 Å². The summed E-state index contributed by atoms with van der Waals surface area (Å²) in [5.74, 6) is -0.0338. The van der Waals surface area contributed by atoms with Crippen molar-refractivity contribution in [2.24, 2.45) is 0 Å². The lowest BCUT2D eigenvalue weighted by Gasteiger charge is -2.27. The van der Waals surface area contributed by atoms with Gasteiger partial charge in [0.2, 0.25) is 5.91 Å². The van der Waals surface area contributed by atoms with Crippen molar-refractivity contribution >= 4 is 5.91 Å². The number of amides is 1. The van der Waals surface area contributed by atoms with Crippen molar-refractivity contribution in [1.29, 1.82) is 0 Å². The molecule has 0 saturated heterocycles. The Hall–Kier alpha value is -0.830. The Bertz CT molecular complexity index is 320. The molecule has 0 rings (SSSR count). The molecular weight excluding hydrogens is 296 g/mol. The molecule has 1 N–H and O–H groups in total. The van der Waals surface area contributed by atoms with Gasteiger partial charge >= 0.3 is 0 Å². The minimum Gasteiger partial charge on any atom is -0.350 e. The third-order valence-electron chi connectivity index (χ3n) is 4.59. The number of quaternary nitrogens is 1. The van der Waals surface area contributed by atoms with E-state index in [1.165, 1.54) is 70.3 Å². The van der Waals surface area contributed by atoms with E-state index in [-0.39, 0.29) is 5.91 Å². The first kappa shape index (κ1) is 23.2. The third kappa shape index (κ3) is 16.0. The van der Waals surface area contributed by atoms with Crippen molar-refractivity contribution in [2.45, 2.75) is 90.0 Å². The van der Waals surface area contributed by atoms with Crippen LogP contribution in [-0.2, 0) is 4.79 Å². The average molecular weight is 340 g/mol. The van der Waals surface area contributed by atoms with E-state index in [0.29, 0.717) is 6.04 Å². The summed E-state index contributed by atoms with van der Waals surface area (Å²) >= 11 is 0. The van der Waals surface area contributed by atoms with Crippen LogP contribution in [0.25, 0.3) is 0 Å². The molecule has 0 spiro atoms. The minimum atomic E-state index is -0.0338. The molecule has 0 fully saturated rings. The summed E-state index contributed by atoms with van der Waals surface area (Å²) in [5.41, 5.74) is 0. The zero-order valence-electron chi connectivity index (χ0n) is 16.9. The molecule has 0 radical (unpaired) electrons. The van der Waals surface area contributed by atoms with Crippen molar-refractivity contribution in [3.8, 4) is 0 Å². The quantitative estimate of drug-likeness (QED) is 0.237. The molecular formula is C21H43N2O+. The number of rotatable bonds is 16. The second kappa shape index (κ2) is 14.5. The standard InChI is InChI=1S/C21H42N2O/c1-6-8-9-10-11-12-13-14-15-16-17-20(22-21(24)7-2)18-19-23(3,4)5/h7,20H,2,6,8-19H2,1,3-5H3/p+1. The van der Waals surface area contributed by atoms with Gasteiger partial charge in [0.15, 0.2) is 0 Å². The van der Waals surface area contributed by atoms with Crippen molar-refractivity contribution in [3.05, 3.63) is 12.7 Å². The number of carbonyl (C=O) groups excluding carboxylic acids is 1. The number of hydrogen-bond donors (Lipinski definition) is 1. The van der Waals surface area contributed by atoms with Crippen LogP contribution < -0.4 is 5.32 Å². The lowest BCUT2D eigenvalue weighted by Crippen LogP contribution is -2.41. The summed E-state index contributed by atoms with van der Waals surface area (Å²) in [7, 11) is 6.60. The van der Waals surface area contributed by atoms with E-state index in [1.54, 1.807) is 0 Å². The SMILES string of the molecule is C=CC(=O)NC(CCCCCCCCCCCC)CC[N+](C)(C)C. The number of carbonyl (C=O) groups is 1. The molecule has 0 heterocycles. The Morgan fingerprint density at radius 3 is 1.88 bits per heavy atom. The minimum absolute atomic E-state index is 0.0338. The highest BCUT2D eigenvalue weighted by Crippen LogP contribution is 2.13. The molecule has 3 heteroatoms. The zero-order valence-corrected chi connectivity index (χ0v) is 16.9. The van der Waals surface area contributed by atoms with Gasteiger partial charge in [0.05, 0.1) is 27.7 Å². The van der Waals surface area contributed by atoms with Crippen LogP contribution in [0.5, 0.6) is 0 Å². The summed E-state index contributed by atoms with van der Waals surface area (Å²) < 4.78 is 0.943. The molecule has 0 aliphatic carbocycles. The molecule has 0 aromatic heterocycles. The maximum absolute atomic E-state index is 11.6. The van der Waals surface area contributed by atoms with Gasteiger partial charge in [0, 0.05) is 12.5 Å². The molecule has 0 aromatic rings. The van der Waals surface area contributed by atoms with Gasteiger partial charge < -0.3 is 9.80 Å². The van der Waals surface area contributed by atoms with E-state index in [0.717, 1.165) is 23.9 Å². The predicted octanol–water partition coefficient (Wildman–Crippen LogP) is 5.06. The van der Waals surface area contributed by atoms with Gasteiger partial charge in [-0.3, -0.25) is 4.79 Å². The predicted molar refractivity (Wildman–Crippen MR) is 106 cm³/mol. The van der Waals surface area contributed by atoms with Crippen LogP contribution in [0.2, 0.25) is 0 Å². The maximum Gasteiger partial charge on any atom is 0.243 e. The van der Waals surface area contributed by atoms with Crippen LogP contribution in [0.4, 0.5) is 0 Å². The van der Waals surface area contributed by atoms with Crippen molar-refractivity contribution < 1.29 is 9.28 Å². The van der Waals surface area contributed by atoms with E-state index >= 15 is 0 Å². The van der Waals surface area contributed by atoms with E-state index in [4.69, 9.17) is 0 Å². The van der Waals surface area contributed by atoms with Gasteiger partial charge in [-0.25, -0.2) is 0 Å². The van der Waals surface area contributed by atoms with Gasteiger partial charge in [-0.2, -0.15) is 0 Å². The molecule has 0 aliphatic rings. The first-order chi connectivity index (χ1) is 11.4. The average Bonchev–Trinajstić information content (AvgIpc) is 2.53. The van der Waals surface area contributed by atoms with E-state index in [2.05, 4.69) is 40.0 Å². The van der Waals surface area contributed by atoms with Gasteiger partial charge in [0.25, 0.3) is 0 Å². The maximum atomic E-state index is 11.6. The van der Waals surface area contributed by atoms with Crippen LogP contribution in [0.15, 0.2) is 12.7 Å². The number of hydrogen-bond acceptors (Lipinski definition) is 1. The fourth-order valence-corrected chi connectivity index (χ4v) is 2.97. The Kier molecular flexibility index (Phi) is 14.0. The topological polar surface area (TPSA) is 29.1 Å². The lowest BCUT2D eigenvalue weighted by molar-refractivity contribution is -0.870. The fraction of sp³-hybridized carbons (Fsp3) is 0.857. The third-order valence-corrected chi connectivity index (χ3v) is 4.59. The number of nitrogens with one attached hydrogen (secondary N) is 1. The second-order valence-electron chi connectivity index (χ2n) is 8.18. The molecule has 24 heavy (non-hydrogen) atoms. The van der Waals surface area contributed by atoms with E-state index in [9.17, 15) is 4.79 Å². The monoisotopic (exact) mass is 339 g/mol. The van der Waals surface area contributed by atoms with Crippen LogP contribution in [0.1, 0.15) is 84.0 Å². The molecule has 0 aliphatic heterocycles. The Morgan fingerprint density at radius 2 is 1.42 bits per heavy atom. The van der Waals surface area contributed by atoms with Crippen LogP contribution in [0, 0.1) is 0 Å². The Labute approximate surface area is 151 Å². The largest absolute Gasteiger partial charge is 0.350 e. The van der Waals surface area contributed by atoms with Crippen molar-refractivity contribution in [3.63, 3.8) is 0 Å². The van der Waals surface area contributed by atoms with Gasteiger partial charge in [-0.1, -0.05) is 77.7 Å². The van der Waals surface area contributed by atoms with Gasteiger partial charge in [-0.05, 0) is 12.5 Å². The highest BCUT2D eigenvalue weighted by atomic mass is 16.1. The second-order valence-corrected chi connectivity index (χ2v) is 8.18. The van der Waals surface area contributed by atoms with Crippen LogP contribution in [0.3, 0.4) is 0 Å². The number of nitrogens with zero attached hydrogens (tertiary/aromatic N) is 1. The molecule has 1 unspecified atom stereocenters. The first-order valence-corrected chi connectivity index (χ1v) is 10.1.